The van der Waals surface area contributed by atoms with Gasteiger partial charge in [0.2, 0.25) is 5.91 Å². The first-order valence-corrected chi connectivity index (χ1v) is 11.1. The van der Waals surface area contributed by atoms with Gasteiger partial charge in [0.1, 0.15) is 11.6 Å². The van der Waals surface area contributed by atoms with Crippen molar-refractivity contribution in [1.82, 2.24) is 14.7 Å². The summed E-state index contributed by atoms with van der Waals surface area (Å²) in [5, 5.41) is 10.3. The molecule has 2 aromatic carbocycles. The van der Waals surface area contributed by atoms with E-state index in [1.165, 1.54) is 12.5 Å². The molecule has 0 unspecified atom stereocenters. The first-order chi connectivity index (χ1) is 16.0. The zero-order chi connectivity index (χ0) is 23.2. The lowest BCUT2D eigenvalue weighted by atomic mass is 10.0. The number of carbonyl (C=O) groups is 2. The van der Waals surface area contributed by atoms with Crippen LogP contribution in [0.2, 0.25) is 0 Å². The fourth-order valence-corrected chi connectivity index (χ4v) is 4.20. The maximum atomic E-state index is 12.8. The van der Waals surface area contributed by atoms with Gasteiger partial charge in [0.15, 0.2) is 0 Å². The van der Waals surface area contributed by atoms with Crippen molar-refractivity contribution in [2.24, 2.45) is 0 Å². The van der Waals surface area contributed by atoms with Crippen LogP contribution < -0.4 is 15.4 Å². The van der Waals surface area contributed by atoms with Crippen LogP contribution in [0.1, 0.15) is 41.7 Å². The van der Waals surface area contributed by atoms with Gasteiger partial charge in [0, 0.05) is 38.3 Å². The lowest BCUT2D eigenvalue weighted by Crippen LogP contribution is -2.35. The molecule has 3 aromatic rings. The highest BCUT2D eigenvalue weighted by atomic mass is 16.5. The van der Waals surface area contributed by atoms with Gasteiger partial charge in [-0.3, -0.25) is 14.5 Å². The summed E-state index contributed by atoms with van der Waals surface area (Å²) in [6.07, 6.45) is 3.62. The molecule has 1 fully saturated rings. The van der Waals surface area contributed by atoms with Crippen molar-refractivity contribution >= 4 is 23.3 Å². The molecule has 1 aromatic heterocycles. The van der Waals surface area contributed by atoms with Crippen molar-refractivity contribution < 1.29 is 14.3 Å². The number of benzene rings is 2. The maximum absolute atomic E-state index is 12.8. The third-order valence-electron chi connectivity index (χ3n) is 5.85. The largest absolute Gasteiger partial charge is 0.496 e. The Hall–Kier alpha value is -3.65. The molecule has 2 heterocycles. The summed E-state index contributed by atoms with van der Waals surface area (Å²) in [6, 6.07) is 17.2. The number of methoxy groups -OCH3 is 1. The molecule has 2 amide bonds. The highest BCUT2D eigenvalue weighted by Crippen LogP contribution is 2.27. The lowest BCUT2D eigenvalue weighted by molar-refractivity contribution is -0.114. The van der Waals surface area contributed by atoms with E-state index in [2.05, 4.69) is 32.8 Å². The SMILES string of the molecule is COc1ccccc1C(=O)Nc1ccnn1C1CCN(Cc2ccc(NC(C)=O)cc2)CC1. The summed E-state index contributed by atoms with van der Waals surface area (Å²) in [5.74, 6) is 0.952. The minimum atomic E-state index is -0.214. The molecule has 1 aliphatic heterocycles. The van der Waals surface area contributed by atoms with Gasteiger partial charge in [0.05, 0.1) is 24.9 Å². The number of amides is 2. The molecule has 0 atom stereocenters. The fraction of sp³-hybridized carbons (Fsp3) is 0.320. The Morgan fingerprint density at radius 1 is 1.03 bits per heavy atom. The summed E-state index contributed by atoms with van der Waals surface area (Å²) >= 11 is 0. The first-order valence-electron chi connectivity index (χ1n) is 11.1. The zero-order valence-electron chi connectivity index (χ0n) is 19.0. The number of nitrogens with zero attached hydrogens (tertiary/aromatic N) is 3. The minimum Gasteiger partial charge on any atom is -0.496 e. The van der Waals surface area contributed by atoms with Crippen LogP contribution in [0.15, 0.2) is 60.8 Å². The van der Waals surface area contributed by atoms with E-state index in [-0.39, 0.29) is 17.9 Å². The Morgan fingerprint density at radius 3 is 2.45 bits per heavy atom. The number of piperidine rings is 1. The average Bonchev–Trinajstić information content (AvgIpc) is 3.28. The van der Waals surface area contributed by atoms with E-state index >= 15 is 0 Å². The molecule has 0 radical (unpaired) electrons. The van der Waals surface area contributed by atoms with Crippen LogP contribution >= 0.6 is 0 Å². The summed E-state index contributed by atoms with van der Waals surface area (Å²) in [6.45, 7) is 4.26. The van der Waals surface area contributed by atoms with Gasteiger partial charge in [-0.1, -0.05) is 24.3 Å². The standard InChI is InChI=1S/C25H29N5O3/c1-18(31)27-20-9-7-19(8-10-20)17-29-15-12-21(13-16-29)30-24(11-14-26-30)28-25(32)22-5-3-4-6-23(22)33-2/h3-11,14,21H,12-13,15-17H2,1-2H3,(H,27,31)(H,28,32). The number of likely N-dealkylation sites (tertiary alicyclic amines) is 1. The minimum absolute atomic E-state index is 0.0677. The highest BCUT2D eigenvalue weighted by Gasteiger charge is 2.24. The summed E-state index contributed by atoms with van der Waals surface area (Å²) in [7, 11) is 1.56. The molecular formula is C25H29N5O3. The van der Waals surface area contributed by atoms with Crippen LogP contribution in [-0.2, 0) is 11.3 Å². The number of carbonyl (C=O) groups excluding carboxylic acids is 2. The number of nitrogens with one attached hydrogen (secondary N) is 2. The molecule has 172 valence electrons. The van der Waals surface area contributed by atoms with E-state index in [1.54, 1.807) is 25.4 Å². The van der Waals surface area contributed by atoms with Gasteiger partial charge in [-0.15, -0.1) is 0 Å². The summed E-state index contributed by atoms with van der Waals surface area (Å²) in [4.78, 5) is 26.4. The van der Waals surface area contributed by atoms with Crippen molar-refractivity contribution in [3.8, 4) is 5.75 Å². The molecule has 0 bridgehead atoms. The van der Waals surface area contributed by atoms with Crippen LogP contribution in [0.4, 0.5) is 11.5 Å². The van der Waals surface area contributed by atoms with Gasteiger partial charge in [-0.05, 0) is 42.7 Å². The second kappa shape index (κ2) is 10.3. The Balaban J connectivity index is 1.34. The highest BCUT2D eigenvalue weighted by molar-refractivity contribution is 6.05. The van der Waals surface area contributed by atoms with Gasteiger partial charge in [-0.25, -0.2) is 4.68 Å². The summed E-state index contributed by atoms with van der Waals surface area (Å²) < 4.78 is 7.23. The van der Waals surface area contributed by atoms with Gasteiger partial charge < -0.3 is 15.4 Å². The predicted molar refractivity (Wildman–Crippen MR) is 127 cm³/mol. The van der Waals surface area contributed by atoms with Crippen molar-refractivity contribution in [2.75, 3.05) is 30.8 Å². The monoisotopic (exact) mass is 447 g/mol. The molecule has 2 N–H and O–H groups in total. The fourth-order valence-electron chi connectivity index (χ4n) is 4.20. The molecule has 4 rings (SSSR count). The van der Waals surface area contributed by atoms with E-state index in [0.29, 0.717) is 17.1 Å². The molecule has 33 heavy (non-hydrogen) atoms. The van der Waals surface area contributed by atoms with Crippen LogP contribution in [0.5, 0.6) is 5.75 Å². The average molecular weight is 448 g/mol. The smallest absolute Gasteiger partial charge is 0.260 e. The second-order valence-electron chi connectivity index (χ2n) is 8.20. The third-order valence-corrected chi connectivity index (χ3v) is 5.85. The van der Waals surface area contributed by atoms with Crippen LogP contribution in [0.25, 0.3) is 0 Å². The zero-order valence-corrected chi connectivity index (χ0v) is 19.0. The number of para-hydroxylation sites is 1. The quantitative estimate of drug-likeness (QED) is 0.573. The first kappa shape index (κ1) is 22.5. The topological polar surface area (TPSA) is 88.5 Å². The Labute approximate surface area is 193 Å². The van der Waals surface area contributed by atoms with Gasteiger partial charge in [0.25, 0.3) is 5.91 Å². The number of aromatic nitrogens is 2. The van der Waals surface area contributed by atoms with E-state index in [9.17, 15) is 9.59 Å². The van der Waals surface area contributed by atoms with Crippen molar-refractivity contribution in [1.29, 1.82) is 0 Å². The lowest BCUT2D eigenvalue weighted by Gasteiger charge is -2.32. The molecule has 0 aliphatic carbocycles. The van der Waals surface area contributed by atoms with Gasteiger partial charge in [-0.2, -0.15) is 5.10 Å². The van der Waals surface area contributed by atoms with Gasteiger partial charge >= 0.3 is 0 Å². The van der Waals surface area contributed by atoms with Crippen molar-refractivity contribution in [2.45, 2.75) is 32.4 Å². The molecule has 1 saturated heterocycles. The normalized spacial score (nSPS) is 14.6. The van der Waals surface area contributed by atoms with E-state index < -0.39 is 0 Å². The van der Waals surface area contributed by atoms with Crippen molar-refractivity contribution in [3.05, 3.63) is 71.9 Å². The molecular weight excluding hydrogens is 418 g/mol. The maximum Gasteiger partial charge on any atom is 0.260 e. The molecule has 0 spiro atoms. The molecule has 0 saturated carbocycles. The Bertz CT molecular complexity index is 1100. The number of anilines is 2. The van der Waals surface area contributed by atoms with Crippen molar-refractivity contribution in [3.63, 3.8) is 0 Å². The summed E-state index contributed by atoms with van der Waals surface area (Å²) in [5.41, 5.74) is 2.52. The van der Waals surface area contributed by atoms with Crippen LogP contribution in [-0.4, -0.2) is 46.7 Å². The second-order valence-corrected chi connectivity index (χ2v) is 8.20. The molecule has 8 heteroatoms. The number of rotatable bonds is 7. The Morgan fingerprint density at radius 2 is 1.76 bits per heavy atom. The number of hydrogen-bond donors (Lipinski definition) is 2. The number of hydrogen-bond acceptors (Lipinski definition) is 5. The van der Waals surface area contributed by atoms with E-state index in [4.69, 9.17) is 4.74 Å². The predicted octanol–water partition coefficient (Wildman–Crippen LogP) is 3.94. The van der Waals surface area contributed by atoms with Crippen LogP contribution in [0.3, 0.4) is 0 Å². The number of ether oxygens (including phenoxy) is 1. The van der Waals surface area contributed by atoms with E-state index in [1.807, 2.05) is 35.0 Å². The molecule has 8 nitrogen and oxygen atoms in total. The Kier molecular flexibility index (Phi) is 7.04. The van der Waals surface area contributed by atoms with E-state index in [0.717, 1.165) is 38.2 Å². The third kappa shape index (κ3) is 5.59. The van der Waals surface area contributed by atoms with Crippen LogP contribution in [0, 0.1) is 0 Å². The molecule has 1 aliphatic rings.